The van der Waals surface area contributed by atoms with Gasteiger partial charge in [0.1, 0.15) is 0 Å². The minimum Gasteiger partial charge on any atom is -0.357 e. The molecule has 0 aliphatic heterocycles. The second-order valence-corrected chi connectivity index (χ2v) is 6.27. The van der Waals surface area contributed by atoms with Crippen LogP contribution in [-0.4, -0.2) is 38.0 Å². The molecule has 0 unspecified atom stereocenters. The van der Waals surface area contributed by atoms with Crippen molar-refractivity contribution >= 4 is 29.9 Å². The summed E-state index contributed by atoms with van der Waals surface area (Å²) in [5.41, 5.74) is 2.64. The minimum atomic E-state index is 0. The smallest absolute Gasteiger partial charge is 0.191 e. The average molecular weight is 446 g/mol. The molecule has 24 heavy (non-hydrogen) atoms. The number of nitrogens with zero attached hydrogens (tertiary/aromatic N) is 2. The van der Waals surface area contributed by atoms with Crippen LogP contribution < -0.4 is 10.6 Å². The summed E-state index contributed by atoms with van der Waals surface area (Å²) in [6.45, 7) is 10.1. The van der Waals surface area contributed by atoms with Crippen LogP contribution in [0.5, 0.6) is 0 Å². The van der Waals surface area contributed by atoms with Gasteiger partial charge in [0.2, 0.25) is 0 Å². The summed E-state index contributed by atoms with van der Waals surface area (Å²) in [5, 5.41) is 6.83. The van der Waals surface area contributed by atoms with Crippen molar-refractivity contribution in [2.24, 2.45) is 10.9 Å². The van der Waals surface area contributed by atoms with Crippen LogP contribution in [0, 0.1) is 5.92 Å². The van der Waals surface area contributed by atoms with Crippen molar-refractivity contribution in [1.82, 2.24) is 15.5 Å². The van der Waals surface area contributed by atoms with Crippen molar-refractivity contribution in [3.8, 4) is 0 Å². The Kier molecular flexibility index (Phi) is 13.0. The van der Waals surface area contributed by atoms with Crippen molar-refractivity contribution in [2.45, 2.75) is 46.7 Å². The molecule has 2 N–H and O–H groups in total. The van der Waals surface area contributed by atoms with Gasteiger partial charge in [-0.1, -0.05) is 51.0 Å². The molecule has 0 spiro atoms. The highest BCUT2D eigenvalue weighted by Crippen LogP contribution is 2.12. The largest absolute Gasteiger partial charge is 0.357 e. The molecule has 0 heterocycles. The molecule has 0 bridgehead atoms. The Hall–Kier alpha value is -0.820. The Morgan fingerprint density at radius 2 is 1.67 bits per heavy atom. The van der Waals surface area contributed by atoms with Gasteiger partial charge >= 0.3 is 0 Å². The highest BCUT2D eigenvalue weighted by Gasteiger charge is 2.06. The Morgan fingerprint density at radius 1 is 1.04 bits per heavy atom. The third-order valence-electron chi connectivity index (χ3n) is 4.07. The van der Waals surface area contributed by atoms with Crippen LogP contribution in [0.1, 0.15) is 44.7 Å². The number of halogens is 1. The van der Waals surface area contributed by atoms with E-state index in [0.29, 0.717) is 12.5 Å². The molecule has 0 aromatic heterocycles. The zero-order chi connectivity index (χ0) is 17.1. The standard InChI is InChI=1S/C19H34N4.HI/c1-6-16(7-2)13-21-19(20-8-3)22-14-17-11-9-10-12-18(17)15-23(4)5;/h9-12,16H,6-8,13-15H2,1-5H3,(H2,20,21,22);1H. The molecule has 0 aliphatic carbocycles. The van der Waals surface area contributed by atoms with Gasteiger partial charge < -0.3 is 15.5 Å². The van der Waals surface area contributed by atoms with Gasteiger partial charge in [-0.15, -0.1) is 24.0 Å². The van der Waals surface area contributed by atoms with Gasteiger partial charge in [-0.2, -0.15) is 0 Å². The highest BCUT2D eigenvalue weighted by atomic mass is 127. The zero-order valence-electron chi connectivity index (χ0n) is 15.9. The molecule has 0 radical (unpaired) electrons. The Labute approximate surface area is 165 Å². The van der Waals surface area contributed by atoms with Crippen LogP contribution in [0.2, 0.25) is 0 Å². The lowest BCUT2D eigenvalue weighted by Gasteiger charge is -2.17. The molecule has 0 aliphatic rings. The van der Waals surface area contributed by atoms with Gasteiger partial charge in [0, 0.05) is 19.6 Å². The molecule has 4 nitrogen and oxygen atoms in total. The van der Waals surface area contributed by atoms with Crippen LogP contribution in [0.4, 0.5) is 0 Å². The molecule has 0 amide bonds. The first-order valence-corrected chi connectivity index (χ1v) is 8.84. The van der Waals surface area contributed by atoms with Crippen molar-refractivity contribution in [2.75, 3.05) is 27.2 Å². The fourth-order valence-corrected chi connectivity index (χ4v) is 2.53. The van der Waals surface area contributed by atoms with Crippen molar-refractivity contribution < 1.29 is 0 Å². The Morgan fingerprint density at radius 3 is 2.21 bits per heavy atom. The fourth-order valence-electron chi connectivity index (χ4n) is 2.53. The Balaban J connectivity index is 0.00000529. The summed E-state index contributed by atoms with van der Waals surface area (Å²) in [5.74, 6) is 1.62. The third-order valence-corrected chi connectivity index (χ3v) is 4.07. The predicted octanol–water partition coefficient (Wildman–Crippen LogP) is 3.86. The second kappa shape index (κ2) is 13.5. The van der Waals surface area contributed by atoms with Gasteiger partial charge in [-0.05, 0) is 38.1 Å². The maximum atomic E-state index is 4.77. The molecule has 0 fully saturated rings. The highest BCUT2D eigenvalue weighted by molar-refractivity contribution is 14.0. The van der Waals surface area contributed by atoms with Crippen molar-refractivity contribution in [3.05, 3.63) is 35.4 Å². The predicted molar refractivity (Wildman–Crippen MR) is 116 cm³/mol. The van der Waals surface area contributed by atoms with Gasteiger partial charge in [-0.3, -0.25) is 0 Å². The van der Waals surface area contributed by atoms with Crippen molar-refractivity contribution in [1.29, 1.82) is 0 Å². The molecular weight excluding hydrogens is 411 g/mol. The first kappa shape index (κ1) is 23.2. The minimum absolute atomic E-state index is 0. The molecule has 0 saturated heterocycles. The third kappa shape index (κ3) is 8.87. The summed E-state index contributed by atoms with van der Waals surface area (Å²) in [4.78, 5) is 6.96. The van der Waals surface area contributed by atoms with E-state index in [1.54, 1.807) is 0 Å². The first-order valence-electron chi connectivity index (χ1n) is 8.84. The summed E-state index contributed by atoms with van der Waals surface area (Å²) in [6, 6.07) is 8.55. The van der Waals surface area contributed by atoms with E-state index in [-0.39, 0.29) is 24.0 Å². The first-order chi connectivity index (χ1) is 11.1. The lowest BCUT2D eigenvalue weighted by Crippen LogP contribution is -2.39. The van der Waals surface area contributed by atoms with Crippen molar-refractivity contribution in [3.63, 3.8) is 0 Å². The maximum absolute atomic E-state index is 4.77. The molecule has 1 rings (SSSR count). The van der Waals surface area contributed by atoms with E-state index in [4.69, 9.17) is 4.99 Å². The number of guanidine groups is 1. The van der Waals surface area contributed by atoms with Crippen LogP contribution >= 0.6 is 24.0 Å². The summed E-state index contributed by atoms with van der Waals surface area (Å²) in [7, 11) is 4.20. The molecule has 0 saturated carbocycles. The fraction of sp³-hybridized carbons (Fsp3) is 0.632. The molecule has 5 heteroatoms. The molecule has 138 valence electrons. The van der Waals surface area contributed by atoms with Crippen LogP contribution in [0.3, 0.4) is 0 Å². The zero-order valence-corrected chi connectivity index (χ0v) is 18.3. The number of hydrogen-bond acceptors (Lipinski definition) is 2. The number of hydrogen-bond donors (Lipinski definition) is 2. The van der Waals surface area contributed by atoms with E-state index >= 15 is 0 Å². The number of aliphatic imine (C=N–C) groups is 1. The number of rotatable bonds is 9. The van der Waals surface area contributed by atoms with Gasteiger partial charge in [-0.25, -0.2) is 4.99 Å². The van der Waals surface area contributed by atoms with E-state index in [1.165, 1.54) is 24.0 Å². The Bertz CT molecular complexity index is 470. The molecule has 1 aromatic rings. The summed E-state index contributed by atoms with van der Waals surface area (Å²) < 4.78 is 0. The SMILES string of the molecule is CCNC(=NCc1ccccc1CN(C)C)NCC(CC)CC.I. The van der Waals surface area contributed by atoms with Crippen LogP contribution in [0.25, 0.3) is 0 Å². The van der Waals surface area contributed by atoms with E-state index in [9.17, 15) is 0 Å². The van der Waals surface area contributed by atoms with E-state index in [0.717, 1.165) is 25.6 Å². The number of benzene rings is 1. The molecular formula is C19H35IN4. The quantitative estimate of drug-likeness (QED) is 0.344. The van der Waals surface area contributed by atoms with E-state index < -0.39 is 0 Å². The topological polar surface area (TPSA) is 39.7 Å². The summed E-state index contributed by atoms with van der Waals surface area (Å²) >= 11 is 0. The van der Waals surface area contributed by atoms with Gasteiger partial charge in [0.15, 0.2) is 5.96 Å². The lowest BCUT2D eigenvalue weighted by atomic mass is 10.0. The normalized spacial score (nSPS) is 11.5. The molecule has 1 aromatic carbocycles. The maximum Gasteiger partial charge on any atom is 0.191 e. The van der Waals surface area contributed by atoms with E-state index in [1.807, 2.05) is 0 Å². The van der Waals surface area contributed by atoms with Crippen LogP contribution in [0.15, 0.2) is 29.3 Å². The molecule has 0 atom stereocenters. The average Bonchev–Trinajstić information content (AvgIpc) is 2.54. The monoisotopic (exact) mass is 446 g/mol. The van der Waals surface area contributed by atoms with Gasteiger partial charge in [0.25, 0.3) is 0 Å². The van der Waals surface area contributed by atoms with Gasteiger partial charge in [0.05, 0.1) is 6.54 Å². The van der Waals surface area contributed by atoms with E-state index in [2.05, 4.69) is 74.7 Å². The van der Waals surface area contributed by atoms with Crippen LogP contribution in [-0.2, 0) is 13.1 Å². The second-order valence-electron chi connectivity index (χ2n) is 6.27. The number of nitrogens with one attached hydrogen (secondary N) is 2. The summed E-state index contributed by atoms with van der Waals surface area (Å²) in [6.07, 6.45) is 2.41. The lowest BCUT2D eigenvalue weighted by molar-refractivity contribution is 0.401.